The first-order valence-electron chi connectivity index (χ1n) is 6.00. The van der Waals surface area contributed by atoms with E-state index in [2.05, 4.69) is 28.5 Å². The fourth-order valence-corrected chi connectivity index (χ4v) is 2.37. The van der Waals surface area contributed by atoms with Crippen molar-refractivity contribution in [3.05, 3.63) is 65.0 Å². The molecule has 3 rings (SSSR count). The molecule has 0 aromatic heterocycles. The van der Waals surface area contributed by atoms with Crippen LogP contribution in [0.25, 0.3) is 0 Å². The molecule has 1 aliphatic carbocycles. The highest BCUT2D eigenvalue weighted by atomic mass is 35.5. The van der Waals surface area contributed by atoms with Crippen LogP contribution in [0.2, 0.25) is 5.02 Å². The molecule has 1 aliphatic heterocycles. The number of allylic oxidation sites excluding steroid dienone is 4. The number of fused-ring (bicyclic) bond motifs is 1. The van der Waals surface area contributed by atoms with E-state index >= 15 is 0 Å². The summed E-state index contributed by atoms with van der Waals surface area (Å²) in [5.41, 5.74) is 4.38. The zero-order valence-corrected chi connectivity index (χ0v) is 10.6. The van der Waals surface area contributed by atoms with Gasteiger partial charge in [-0.15, -0.1) is 0 Å². The van der Waals surface area contributed by atoms with Crippen LogP contribution < -0.4 is 5.32 Å². The molecule has 1 aromatic carbocycles. The summed E-state index contributed by atoms with van der Waals surface area (Å²) in [6.07, 6.45) is 12.1. The Morgan fingerprint density at radius 2 is 2.22 bits per heavy atom. The largest absolute Gasteiger partial charge is 0.360 e. The van der Waals surface area contributed by atoms with Gasteiger partial charge in [0.15, 0.2) is 0 Å². The number of hydrogen-bond acceptors (Lipinski definition) is 2. The molecule has 0 spiro atoms. The Bertz CT molecular complexity index is 595. The summed E-state index contributed by atoms with van der Waals surface area (Å²) in [5.74, 6) is 0. The van der Waals surface area contributed by atoms with Crippen LogP contribution in [0.15, 0.2) is 59.4 Å². The van der Waals surface area contributed by atoms with Crippen LogP contribution in [0.5, 0.6) is 0 Å². The standard InChI is InChI=1S/C15H13ClN2/c16-12-6-7-14-13(10-12)15(18-9-8-17-14)11-4-2-1-3-5-11/h1-2,4,6-10,17H,3,5H2. The molecule has 18 heavy (non-hydrogen) atoms. The van der Waals surface area contributed by atoms with Crippen LogP contribution in [-0.2, 0) is 0 Å². The molecule has 0 atom stereocenters. The van der Waals surface area contributed by atoms with Gasteiger partial charge in [-0.2, -0.15) is 0 Å². The Morgan fingerprint density at radius 1 is 1.28 bits per heavy atom. The first kappa shape index (κ1) is 11.3. The molecule has 1 aromatic rings. The molecule has 1 heterocycles. The first-order valence-corrected chi connectivity index (χ1v) is 6.38. The lowest BCUT2D eigenvalue weighted by Crippen LogP contribution is -2.07. The molecule has 0 unspecified atom stereocenters. The highest BCUT2D eigenvalue weighted by Gasteiger charge is 2.15. The highest BCUT2D eigenvalue weighted by molar-refractivity contribution is 6.31. The van der Waals surface area contributed by atoms with Gasteiger partial charge >= 0.3 is 0 Å². The second-order valence-corrected chi connectivity index (χ2v) is 4.72. The van der Waals surface area contributed by atoms with E-state index in [4.69, 9.17) is 11.6 Å². The van der Waals surface area contributed by atoms with E-state index in [0.29, 0.717) is 0 Å². The SMILES string of the molecule is Clc1ccc2c(c1)C(C1=CC=CCC1)=NC=CN2. The number of aliphatic imine (C=N–C) groups is 1. The fraction of sp³-hybridized carbons (Fsp3) is 0.133. The van der Waals surface area contributed by atoms with Crippen LogP contribution in [0.4, 0.5) is 5.69 Å². The molecule has 0 fully saturated rings. The average Bonchev–Trinajstić information content (AvgIpc) is 2.61. The van der Waals surface area contributed by atoms with Crippen molar-refractivity contribution in [1.82, 2.24) is 0 Å². The van der Waals surface area contributed by atoms with Gasteiger partial charge in [-0.1, -0.05) is 29.8 Å². The van der Waals surface area contributed by atoms with E-state index in [0.717, 1.165) is 34.8 Å². The smallest absolute Gasteiger partial charge is 0.0756 e. The lowest BCUT2D eigenvalue weighted by Gasteiger charge is -2.14. The number of benzene rings is 1. The minimum atomic E-state index is 0.733. The molecule has 90 valence electrons. The van der Waals surface area contributed by atoms with Crippen LogP contribution in [0, 0.1) is 0 Å². The number of rotatable bonds is 1. The molecule has 0 bridgehead atoms. The van der Waals surface area contributed by atoms with E-state index in [1.54, 1.807) is 6.20 Å². The van der Waals surface area contributed by atoms with Gasteiger partial charge in [0.2, 0.25) is 0 Å². The first-order chi connectivity index (χ1) is 8.84. The lowest BCUT2D eigenvalue weighted by atomic mass is 9.94. The van der Waals surface area contributed by atoms with Gasteiger partial charge in [0.25, 0.3) is 0 Å². The number of halogens is 1. The van der Waals surface area contributed by atoms with E-state index < -0.39 is 0 Å². The van der Waals surface area contributed by atoms with Gasteiger partial charge in [-0.25, -0.2) is 0 Å². The maximum Gasteiger partial charge on any atom is 0.0756 e. The molecule has 0 radical (unpaired) electrons. The van der Waals surface area contributed by atoms with E-state index in [-0.39, 0.29) is 0 Å². The maximum absolute atomic E-state index is 6.10. The third kappa shape index (κ3) is 2.12. The molecule has 1 N–H and O–H groups in total. The summed E-state index contributed by atoms with van der Waals surface area (Å²) in [4.78, 5) is 4.54. The van der Waals surface area contributed by atoms with Gasteiger partial charge in [0.05, 0.1) is 5.71 Å². The zero-order chi connectivity index (χ0) is 12.4. The average molecular weight is 257 g/mol. The van der Waals surface area contributed by atoms with Crippen molar-refractivity contribution in [2.24, 2.45) is 4.99 Å². The Morgan fingerprint density at radius 3 is 3.06 bits per heavy atom. The summed E-state index contributed by atoms with van der Waals surface area (Å²) >= 11 is 6.10. The van der Waals surface area contributed by atoms with Crippen LogP contribution >= 0.6 is 11.6 Å². The summed E-state index contributed by atoms with van der Waals surface area (Å²) in [5, 5.41) is 3.96. The number of nitrogens with zero attached hydrogens (tertiary/aromatic N) is 1. The second-order valence-electron chi connectivity index (χ2n) is 4.29. The molecule has 3 heteroatoms. The van der Waals surface area contributed by atoms with Crippen molar-refractivity contribution in [3.63, 3.8) is 0 Å². The van der Waals surface area contributed by atoms with Gasteiger partial charge in [-0.05, 0) is 36.6 Å². The van der Waals surface area contributed by atoms with Crippen molar-refractivity contribution in [1.29, 1.82) is 0 Å². The Hall–Kier alpha value is -1.80. The third-order valence-electron chi connectivity index (χ3n) is 3.07. The monoisotopic (exact) mass is 256 g/mol. The Labute approximate surface area is 111 Å². The third-order valence-corrected chi connectivity index (χ3v) is 3.31. The van der Waals surface area contributed by atoms with Crippen molar-refractivity contribution in [2.45, 2.75) is 12.8 Å². The maximum atomic E-state index is 6.10. The molecular formula is C15H13ClN2. The summed E-state index contributed by atoms with van der Waals surface area (Å²) < 4.78 is 0. The van der Waals surface area contributed by atoms with Gasteiger partial charge in [0, 0.05) is 28.7 Å². The van der Waals surface area contributed by atoms with E-state index in [9.17, 15) is 0 Å². The quantitative estimate of drug-likeness (QED) is 0.796. The van der Waals surface area contributed by atoms with Crippen molar-refractivity contribution in [3.8, 4) is 0 Å². The van der Waals surface area contributed by atoms with Crippen molar-refractivity contribution in [2.75, 3.05) is 5.32 Å². The predicted octanol–water partition coefficient (Wildman–Crippen LogP) is 4.30. The van der Waals surface area contributed by atoms with E-state index in [1.165, 1.54) is 5.57 Å². The van der Waals surface area contributed by atoms with Gasteiger partial charge < -0.3 is 5.32 Å². The summed E-state index contributed by atoms with van der Waals surface area (Å²) in [6, 6.07) is 5.84. The molecule has 2 nitrogen and oxygen atoms in total. The van der Waals surface area contributed by atoms with E-state index in [1.807, 2.05) is 24.4 Å². The Balaban J connectivity index is 2.12. The minimum absolute atomic E-state index is 0.733. The number of nitrogens with one attached hydrogen (secondary N) is 1. The van der Waals surface area contributed by atoms with Gasteiger partial charge in [-0.3, -0.25) is 4.99 Å². The van der Waals surface area contributed by atoms with Crippen molar-refractivity contribution < 1.29 is 0 Å². The van der Waals surface area contributed by atoms with Gasteiger partial charge in [0.1, 0.15) is 0 Å². The lowest BCUT2D eigenvalue weighted by molar-refractivity contribution is 1.00. The molecule has 0 amide bonds. The van der Waals surface area contributed by atoms with Crippen LogP contribution in [-0.4, -0.2) is 5.71 Å². The van der Waals surface area contributed by atoms with Crippen LogP contribution in [0.3, 0.4) is 0 Å². The highest BCUT2D eigenvalue weighted by Crippen LogP contribution is 2.28. The molecule has 0 saturated heterocycles. The molecule has 2 aliphatic rings. The second kappa shape index (κ2) is 4.83. The fourth-order valence-electron chi connectivity index (χ4n) is 2.20. The van der Waals surface area contributed by atoms with Crippen molar-refractivity contribution >= 4 is 23.0 Å². The molecular weight excluding hydrogens is 244 g/mol. The summed E-state index contributed by atoms with van der Waals surface area (Å²) in [6.45, 7) is 0. The predicted molar refractivity (Wildman–Crippen MR) is 77.2 cm³/mol. The Kier molecular flexibility index (Phi) is 3.03. The summed E-state index contributed by atoms with van der Waals surface area (Å²) in [7, 11) is 0. The van der Waals surface area contributed by atoms with Crippen LogP contribution in [0.1, 0.15) is 18.4 Å². The topological polar surface area (TPSA) is 24.4 Å². The zero-order valence-electron chi connectivity index (χ0n) is 9.86. The minimum Gasteiger partial charge on any atom is -0.360 e. The normalized spacial score (nSPS) is 17.4. The number of hydrogen-bond donors (Lipinski definition) is 1. The number of anilines is 1. The molecule has 0 saturated carbocycles.